The average molecular weight is 1080 g/mol. The van der Waals surface area contributed by atoms with Crippen LogP contribution in [0.5, 0.6) is 0 Å². The lowest BCUT2D eigenvalue weighted by Crippen LogP contribution is -2.46. The van der Waals surface area contributed by atoms with Crippen LogP contribution in [0, 0.1) is 0 Å². The zero-order valence-electron chi connectivity index (χ0n) is 50.4. The molecule has 0 radical (unpaired) electrons. The molecule has 0 saturated heterocycles. The van der Waals surface area contributed by atoms with Crippen molar-refractivity contribution in [3.05, 3.63) is 85.1 Å². The maximum absolute atomic E-state index is 13.0. The van der Waals surface area contributed by atoms with Crippen molar-refractivity contribution in [1.29, 1.82) is 0 Å². The molecule has 0 aliphatic carbocycles. The molecule has 76 heavy (non-hydrogen) atoms. The fourth-order valence-electron chi connectivity index (χ4n) is 9.20. The molecule has 0 saturated carbocycles. The van der Waals surface area contributed by atoms with E-state index >= 15 is 0 Å². The van der Waals surface area contributed by atoms with Gasteiger partial charge in [-0.2, -0.15) is 0 Å². The van der Waals surface area contributed by atoms with E-state index in [1.54, 1.807) is 0 Å². The van der Waals surface area contributed by atoms with Gasteiger partial charge < -0.3 is 28.8 Å². The molecule has 0 aliphatic heterocycles. The number of likely N-dealkylation sites (N-methyl/N-ethyl adjacent to an activating group) is 1. The summed E-state index contributed by atoms with van der Waals surface area (Å²) in [6.45, 7) is 4.62. The standard InChI is InChI=1S/C67H123N2O6P/c1-6-8-10-12-14-16-18-20-22-24-26-28-30-32-33-34-35-37-39-41-43-45-47-49-51-53-55-57-59-61-67(71)68-65(64-75-76(72,73)74-63-62-69(3,4)5)66(70)60-58-56-54-52-50-48-46-44-42-40-38-36-31-29-27-25-23-21-19-17-15-13-11-9-7-2/h8,10,14,16,20,22,26,28,32-33,35,37,41,43,65-66,70H,6-7,9,11-13,15,17-19,21,23-25,27,29-31,34,36,38-40,42,44-64H2,1-5H3,(H-,68,71,72,73)/b10-8-,16-14-,22-20-,28-26-,33-32-,37-35-,43-41-. The fourth-order valence-corrected chi connectivity index (χ4v) is 9.92. The van der Waals surface area contributed by atoms with Gasteiger partial charge in [-0.05, 0) is 70.6 Å². The summed E-state index contributed by atoms with van der Waals surface area (Å²) in [6, 6.07) is -0.814. The molecule has 0 fully saturated rings. The van der Waals surface area contributed by atoms with Gasteiger partial charge in [0, 0.05) is 6.42 Å². The lowest BCUT2D eigenvalue weighted by atomic mass is 10.0. The van der Waals surface area contributed by atoms with E-state index in [9.17, 15) is 19.4 Å². The second-order valence-corrected chi connectivity index (χ2v) is 24.2. The zero-order chi connectivity index (χ0) is 55.6. The number of carbonyl (C=O) groups excluding carboxylic acids is 1. The first-order chi connectivity index (χ1) is 37.0. The first-order valence-corrected chi connectivity index (χ1v) is 33.4. The Morgan fingerprint density at radius 1 is 0.474 bits per heavy atom. The van der Waals surface area contributed by atoms with Gasteiger partial charge in [0.1, 0.15) is 13.2 Å². The van der Waals surface area contributed by atoms with E-state index in [0.29, 0.717) is 23.9 Å². The third-order valence-electron chi connectivity index (χ3n) is 14.1. The van der Waals surface area contributed by atoms with Gasteiger partial charge in [0.05, 0.1) is 39.9 Å². The molecule has 8 nitrogen and oxygen atoms in total. The van der Waals surface area contributed by atoms with Gasteiger partial charge >= 0.3 is 0 Å². The van der Waals surface area contributed by atoms with Crippen LogP contribution in [0.4, 0.5) is 0 Å². The van der Waals surface area contributed by atoms with E-state index in [4.69, 9.17) is 9.05 Å². The van der Waals surface area contributed by atoms with Crippen LogP contribution < -0.4 is 10.2 Å². The summed E-state index contributed by atoms with van der Waals surface area (Å²) in [5.74, 6) is -0.176. The summed E-state index contributed by atoms with van der Waals surface area (Å²) in [7, 11) is 1.29. The number of aliphatic hydroxyl groups excluding tert-OH is 1. The van der Waals surface area contributed by atoms with Crippen LogP contribution in [0.15, 0.2) is 85.1 Å². The molecular formula is C67H123N2O6P. The summed E-state index contributed by atoms with van der Waals surface area (Å²) >= 11 is 0. The molecule has 0 rings (SSSR count). The number of quaternary nitrogens is 1. The van der Waals surface area contributed by atoms with Crippen molar-refractivity contribution in [3.63, 3.8) is 0 Å². The number of hydrogen-bond donors (Lipinski definition) is 2. The summed E-state index contributed by atoms with van der Waals surface area (Å²) in [5.41, 5.74) is 0. The summed E-state index contributed by atoms with van der Waals surface area (Å²) in [6.07, 6.45) is 80.5. The SMILES string of the molecule is CC/C=C\C/C=C\C/C=C\C/C=C\C/C=C\C/C=C\C/C=C\CCCCCCCCCC(=O)NC(COP(=O)([O-])OCC[N+](C)(C)C)C(O)CCCCCCCCCCCCCCCCCCCCCCCCCCC. The Morgan fingerprint density at radius 2 is 0.803 bits per heavy atom. The Kier molecular flexibility index (Phi) is 55.6. The monoisotopic (exact) mass is 1080 g/mol. The predicted octanol–water partition coefficient (Wildman–Crippen LogP) is 19.4. The molecule has 9 heteroatoms. The van der Waals surface area contributed by atoms with E-state index in [-0.39, 0.29) is 19.1 Å². The van der Waals surface area contributed by atoms with Crippen LogP contribution in [0.3, 0.4) is 0 Å². The smallest absolute Gasteiger partial charge is 0.268 e. The molecule has 0 aromatic heterocycles. The Hall–Kier alpha value is -2.32. The topological polar surface area (TPSA) is 108 Å². The maximum atomic E-state index is 13.0. The Bertz CT molecular complexity index is 1510. The summed E-state index contributed by atoms with van der Waals surface area (Å²) < 4.78 is 23.5. The van der Waals surface area contributed by atoms with E-state index in [1.165, 1.54) is 161 Å². The van der Waals surface area contributed by atoms with Crippen LogP contribution in [-0.4, -0.2) is 68.5 Å². The number of nitrogens with zero attached hydrogens (tertiary/aromatic N) is 1. The quantitative estimate of drug-likeness (QED) is 0.0272. The second-order valence-electron chi connectivity index (χ2n) is 22.7. The molecule has 0 aromatic rings. The summed E-state index contributed by atoms with van der Waals surface area (Å²) in [4.78, 5) is 25.6. The van der Waals surface area contributed by atoms with Crippen molar-refractivity contribution < 1.29 is 32.9 Å². The van der Waals surface area contributed by atoms with Crippen LogP contribution in [0.25, 0.3) is 0 Å². The number of allylic oxidation sites excluding steroid dienone is 14. The zero-order valence-corrected chi connectivity index (χ0v) is 51.3. The molecule has 0 heterocycles. The Labute approximate surface area is 471 Å². The number of aliphatic hydroxyl groups is 1. The lowest BCUT2D eigenvalue weighted by molar-refractivity contribution is -0.870. The van der Waals surface area contributed by atoms with Crippen molar-refractivity contribution in [1.82, 2.24) is 5.32 Å². The van der Waals surface area contributed by atoms with Gasteiger partial charge in [0.25, 0.3) is 7.82 Å². The molecule has 442 valence electrons. The van der Waals surface area contributed by atoms with E-state index in [2.05, 4.69) is 104 Å². The highest BCUT2D eigenvalue weighted by Gasteiger charge is 2.24. The van der Waals surface area contributed by atoms with Crippen LogP contribution in [0.1, 0.15) is 284 Å². The number of nitrogens with one attached hydrogen (secondary N) is 1. The number of phosphoric acid groups is 1. The molecule has 0 aliphatic rings. The average Bonchev–Trinajstić information content (AvgIpc) is 3.38. The molecule has 0 spiro atoms. The van der Waals surface area contributed by atoms with Crippen molar-refractivity contribution in [3.8, 4) is 0 Å². The van der Waals surface area contributed by atoms with Crippen LogP contribution in [0.2, 0.25) is 0 Å². The van der Waals surface area contributed by atoms with Crippen LogP contribution in [-0.2, 0) is 18.4 Å². The molecule has 3 unspecified atom stereocenters. The van der Waals surface area contributed by atoms with Gasteiger partial charge in [0.15, 0.2) is 0 Å². The van der Waals surface area contributed by atoms with Gasteiger partial charge in [0.2, 0.25) is 5.91 Å². The third kappa shape index (κ3) is 59.3. The van der Waals surface area contributed by atoms with Crippen molar-refractivity contribution in [2.45, 2.75) is 296 Å². The number of unbranched alkanes of at least 4 members (excludes halogenated alkanes) is 31. The Balaban J connectivity index is 4.17. The van der Waals surface area contributed by atoms with Gasteiger partial charge in [-0.25, -0.2) is 0 Å². The normalized spacial score (nSPS) is 14.4. The van der Waals surface area contributed by atoms with E-state index in [0.717, 1.165) is 96.3 Å². The Morgan fingerprint density at radius 3 is 1.17 bits per heavy atom. The van der Waals surface area contributed by atoms with Crippen molar-refractivity contribution in [2.24, 2.45) is 0 Å². The maximum Gasteiger partial charge on any atom is 0.268 e. The number of hydrogen-bond acceptors (Lipinski definition) is 6. The minimum Gasteiger partial charge on any atom is -0.756 e. The first kappa shape index (κ1) is 73.7. The number of carbonyl (C=O) groups is 1. The first-order valence-electron chi connectivity index (χ1n) is 31.9. The minimum atomic E-state index is -4.59. The molecule has 1 amide bonds. The lowest BCUT2D eigenvalue weighted by Gasteiger charge is -2.30. The third-order valence-corrected chi connectivity index (χ3v) is 15.1. The number of rotatable bonds is 58. The highest BCUT2D eigenvalue weighted by atomic mass is 31.2. The molecule has 2 N–H and O–H groups in total. The fraction of sp³-hybridized carbons (Fsp3) is 0.776. The number of phosphoric ester groups is 1. The highest BCUT2D eigenvalue weighted by Crippen LogP contribution is 2.38. The molecule has 0 bridgehead atoms. The summed E-state index contributed by atoms with van der Waals surface area (Å²) in [5, 5.41) is 14.1. The number of amides is 1. The highest BCUT2D eigenvalue weighted by molar-refractivity contribution is 7.45. The van der Waals surface area contributed by atoms with E-state index < -0.39 is 20.0 Å². The molecule has 0 aromatic carbocycles. The van der Waals surface area contributed by atoms with Gasteiger partial charge in [-0.3, -0.25) is 9.36 Å². The van der Waals surface area contributed by atoms with Gasteiger partial charge in [-0.1, -0.05) is 292 Å². The molecular weight excluding hydrogens is 960 g/mol. The molecule has 3 atom stereocenters. The minimum absolute atomic E-state index is 0.00615. The van der Waals surface area contributed by atoms with Gasteiger partial charge in [-0.15, -0.1) is 0 Å². The van der Waals surface area contributed by atoms with Crippen molar-refractivity contribution in [2.75, 3.05) is 40.9 Å². The second kappa shape index (κ2) is 57.4. The largest absolute Gasteiger partial charge is 0.756 e. The van der Waals surface area contributed by atoms with E-state index in [1.807, 2.05) is 21.1 Å². The van der Waals surface area contributed by atoms with Crippen LogP contribution >= 0.6 is 7.82 Å². The predicted molar refractivity (Wildman–Crippen MR) is 330 cm³/mol. The van der Waals surface area contributed by atoms with Crippen molar-refractivity contribution >= 4 is 13.7 Å².